The van der Waals surface area contributed by atoms with E-state index in [2.05, 4.69) is 9.97 Å². The van der Waals surface area contributed by atoms with Crippen molar-refractivity contribution in [3.8, 4) is 11.3 Å². The van der Waals surface area contributed by atoms with Gasteiger partial charge < -0.3 is 4.90 Å². The Morgan fingerprint density at radius 2 is 1.88 bits per heavy atom. The van der Waals surface area contributed by atoms with E-state index in [1.54, 1.807) is 17.8 Å². The zero-order valence-electron chi connectivity index (χ0n) is 18.6. The molecule has 164 valence electrons. The first-order valence-electron chi connectivity index (χ1n) is 11.1. The molecule has 0 saturated carbocycles. The minimum absolute atomic E-state index is 0.0178. The van der Waals surface area contributed by atoms with Crippen LogP contribution in [0, 0.1) is 6.92 Å². The van der Waals surface area contributed by atoms with Gasteiger partial charge in [0.2, 0.25) is 5.91 Å². The second-order valence-electron chi connectivity index (χ2n) is 8.42. The third-order valence-corrected chi connectivity index (χ3v) is 6.45. The monoisotopic (exact) mass is 430 g/mol. The summed E-state index contributed by atoms with van der Waals surface area (Å²) >= 11 is 0. The number of carbonyl (C=O) groups excluding carboxylic acids is 1. The lowest BCUT2D eigenvalue weighted by molar-refractivity contribution is -0.132. The molecule has 0 spiro atoms. The van der Waals surface area contributed by atoms with Crippen molar-refractivity contribution in [1.29, 1.82) is 0 Å². The lowest BCUT2D eigenvalue weighted by atomic mass is 10.0. The maximum Gasteiger partial charge on any atom is 0.329 e. The van der Waals surface area contributed by atoms with Crippen molar-refractivity contribution in [2.45, 2.75) is 39.2 Å². The number of aryl methyl sites for hydroxylation is 2. The highest BCUT2D eigenvalue weighted by Gasteiger charge is 2.27. The normalized spacial score (nSPS) is 15.0. The van der Waals surface area contributed by atoms with Gasteiger partial charge in [0.25, 0.3) is 0 Å². The largest absolute Gasteiger partial charge is 0.343 e. The summed E-state index contributed by atoms with van der Waals surface area (Å²) in [6, 6.07) is 7.87. The molecule has 0 radical (unpaired) electrons. The molecule has 1 saturated heterocycles. The molecule has 5 heterocycles. The van der Waals surface area contributed by atoms with E-state index >= 15 is 0 Å². The maximum atomic E-state index is 13.3. The highest BCUT2D eigenvalue weighted by atomic mass is 16.2. The van der Waals surface area contributed by atoms with Crippen molar-refractivity contribution in [2.24, 2.45) is 7.05 Å². The molecule has 0 N–H and O–H groups in total. The van der Waals surface area contributed by atoms with Crippen LogP contribution in [0.15, 0.2) is 41.5 Å². The number of hydrogen-bond acceptors (Lipinski definition) is 5. The van der Waals surface area contributed by atoms with Crippen molar-refractivity contribution >= 4 is 28.0 Å². The molecule has 32 heavy (non-hydrogen) atoms. The van der Waals surface area contributed by atoms with Crippen molar-refractivity contribution in [3.63, 3.8) is 0 Å². The molecular weight excluding hydrogens is 404 g/mol. The van der Waals surface area contributed by atoms with Crippen LogP contribution in [-0.2, 0) is 11.8 Å². The number of piperidine rings is 1. The fourth-order valence-electron chi connectivity index (χ4n) is 4.60. The topological polar surface area (TPSA) is 85.9 Å². The number of carbonyl (C=O) groups is 1. The molecule has 1 aliphatic rings. The number of amides is 1. The first-order chi connectivity index (χ1) is 15.5. The number of imidazole rings is 1. The third kappa shape index (κ3) is 3.26. The Bertz CT molecular complexity index is 1380. The Kier molecular flexibility index (Phi) is 5.00. The minimum atomic E-state index is -0.0706. The molecule has 0 bridgehead atoms. The molecule has 4 aromatic rings. The van der Waals surface area contributed by atoms with E-state index < -0.39 is 0 Å². The Morgan fingerprint density at radius 1 is 1.09 bits per heavy atom. The molecule has 0 atom stereocenters. The van der Waals surface area contributed by atoms with Crippen LogP contribution in [-0.4, -0.2) is 48.0 Å². The summed E-state index contributed by atoms with van der Waals surface area (Å²) in [5, 5.41) is 0. The van der Waals surface area contributed by atoms with Gasteiger partial charge in [-0.3, -0.25) is 23.9 Å². The number of nitrogens with zero attached hydrogens (tertiary/aromatic N) is 6. The zero-order valence-corrected chi connectivity index (χ0v) is 18.6. The van der Waals surface area contributed by atoms with Gasteiger partial charge in [0.1, 0.15) is 5.52 Å². The van der Waals surface area contributed by atoms with Gasteiger partial charge in [-0.25, -0.2) is 9.78 Å². The standard InChI is InChI=1S/C24H26N6O2/c1-4-21(31)29-11-9-17(10-12-29)30-23-20(28(3)24(30)32)14-26-19-8-7-18(27-22(19)23)16-6-5-15(2)25-13-16/h5-8,13-14,17H,4,9-12H2,1-3H3. The lowest BCUT2D eigenvalue weighted by Crippen LogP contribution is -2.40. The van der Waals surface area contributed by atoms with E-state index in [1.165, 1.54) is 0 Å². The summed E-state index contributed by atoms with van der Waals surface area (Å²) < 4.78 is 3.52. The van der Waals surface area contributed by atoms with E-state index in [0.29, 0.717) is 25.0 Å². The third-order valence-electron chi connectivity index (χ3n) is 6.45. The van der Waals surface area contributed by atoms with Gasteiger partial charge in [0.05, 0.1) is 28.4 Å². The molecule has 1 fully saturated rings. The van der Waals surface area contributed by atoms with E-state index in [0.717, 1.165) is 46.3 Å². The average molecular weight is 431 g/mol. The summed E-state index contributed by atoms with van der Waals surface area (Å²) in [4.78, 5) is 41.1. The van der Waals surface area contributed by atoms with Gasteiger partial charge in [-0.15, -0.1) is 0 Å². The zero-order chi connectivity index (χ0) is 22.4. The summed E-state index contributed by atoms with van der Waals surface area (Å²) in [5.74, 6) is 0.168. The van der Waals surface area contributed by atoms with Crippen LogP contribution in [0.1, 0.15) is 37.9 Å². The first kappa shape index (κ1) is 20.4. The van der Waals surface area contributed by atoms with E-state index in [9.17, 15) is 9.59 Å². The Balaban J connectivity index is 1.65. The second-order valence-corrected chi connectivity index (χ2v) is 8.42. The van der Waals surface area contributed by atoms with Crippen molar-refractivity contribution < 1.29 is 4.79 Å². The second kappa shape index (κ2) is 7.85. The molecule has 1 aliphatic heterocycles. The molecule has 8 nitrogen and oxygen atoms in total. The minimum Gasteiger partial charge on any atom is -0.343 e. The fraction of sp³-hybridized carbons (Fsp3) is 0.375. The summed E-state index contributed by atoms with van der Waals surface area (Å²) in [5.41, 5.74) is 5.63. The molecule has 8 heteroatoms. The molecule has 0 unspecified atom stereocenters. The Morgan fingerprint density at radius 3 is 2.56 bits per heavy atom. The van der Waals surface area contributed by atoms with Gasteiger partial charge >= 0.3 is 5.69 Å². The van der Waals surface area contributed by atoms with Gasteiger partial charge in [-0.05, 0) is 44.0 Å². The van der Waals surface area contributed by atoms with Gasteiger partial charge in [0.15, 0.2) is 0 Å². The van der Waals surface area contributed by atoms with Crippen molar-refractivity contribution in [2.75, 3.05) is 13.1 Å². The predicted molar refractivity (Wildman–Crippen MR) is 123 cm³/mol. The van der Waals surface area contributed by atoms with Crippen LogP contribution >= 0.6 is 0 Å². The molecule has 5 rings (SSSR count). The number of pyridine rings is 3. The van der Waals surface area contributed by atoms with E-state index in [-0.39, 0.29) is 17.6 Å². The Hall–Kier alpha value is -3.55. The van der Waals surface area contributed by atoms with E-state index in [4.69, 9.17) is 4.98 Å². The van der Waals surface area contributed by atoms with Crippen molar-refractivity contribution in [3.05, 3.63) is 52.8 Å². The van der Waals surface area contributed by atoms with E-state index in [1.807, 2.05) is 53.8 Å². The summed E-state index contributed by atoms with van der Waals surface area (Å²) in [7, 11) is 1.78. The fourth-order valence-corrected chi connectivity index (χ4v) is 4.60. The predicted octanol–water partition coefficient (Wildman–Crippen LogP) is 3.23. The average Bonchev–Trinajstić information content (AvgIpc) is 3.09. The molecule has 0 aromatic carbocycles. The smallest absolute Gasteiger partial charge is 0.329 e. The van der Waals surface area contributed by atoms with Crippen LogP contribution in [0.3, 0.4) is 0 Å². The number of fused-ring (bicyclic) bond motifs is 3. The highest BCUT2D eigenvalue weighted by Crippen LogP contribution is 2.30. The van der Waals surface area contributed by atoms with Crippen molar-refractivity contribution in [1.82, 2.24) is 29.0 Å². The van der Waals surface area contributed by atoms with Gasteiger partial charge in [0, 0.05) is 50.1 Å². The van der Waals surface area contributed by atoms with Crippen LogP contribution in [0.25, 0.3) is 33.3 Å². The number of aromatic nitrogens is 5. The van der Waals surface area contributed by atoms with Crippen LogP contribution < -0.4 is 5.69 Å². The van der Waals surface area contributed by atoms with Crippen LogP contribution in [0.4, 0.5) is 0 Å². The van der Waals surface area contributed by atoms with Gasteiger partial charge in [-0.2, -0.15) is 0 Å². The number of hydrogen-bond donors (Lipinski definition) is 0. The lowest BCUT2D eigenvalue weighted by Gasteiger charge is -2.32. The Labute approximate surface area is 185 Å². The number of rotatable bonds is 3. The SMILES string of the molecule is CCC(=O)N1CCC(n2c(=O)n(C)c3cnc4ccc(-c5ccc(C)nc5)nc4c32)CC1. The number of likely N-dealkylation sites (tertiary alicyclic amines) is 1. The summed E-state index contributed by atoms with van der Waals surface area (Å²) in [6.45, 7) is 5.16. The summed E-state index contributed by atoms with van der Waals surface area (Å²) in [6.07, 6.45) is 5.57. The highest BCUT2D eigenvalue weighted by molar-refractivity contribution is 6.00. The van der Waals surface area contributed by atoms with Crippen LogP contribution in [0.5, 0.6) is 0 Å². The molecule has 0 aliphatic carbocycles. The molecule has 4 aromatic heterocycles. The van der Waals surface area contributed by atoms with Gasteiger partial charge in [-0.1, -0.05) is 6.92 Å². The quantitative estimate of drug-likeness (QED) is 0.498. The molecule has 1 amide bonds. The maximum absolute atomic E-state index is 13.3. The molecular formula is C24H26N6O2. The van der Waals surface area contributed by atoms with Crippen LogP contribution in [0.2, 0.25) is 0 Å². The first-order valence-corrected chi connectivity index (χ1v) is 11.1.